The van der Waals surface area contributed by atoms with Crippen LogP contribution < -0.4 is 5.32 Å². The molecule has 4 nitrogen and oxygen atoms in total. The van der Waals surface area contributed by atoms with Gasteiger partial charge in [0.15, 0.2) is 5.82 Å². The molecule has 0 amide bonds. The Morgan fingerprint density at radius 3 is 2.72 bits per heavy atom. The van der Waals surface area contributed by atoms with Crippen molar-refractivity contribution in [2.24, 2.45) is 13.0 Å². The van der Waals surface area contributed by atoms with Gasteiger partial charge in [0.2, 0.25) is 0 Å². The molecule has 18 heavy (non-hydrogen) atoms. The summed E-state index contributed by atoms with van der Waals surface area (Å²) in [5.74, 6) is 1.76. The number of para-hydroxylation sites is 1. The maximum atomic E-state index is 4.19. The largest absolute Gasteiger partial charge is 0.382 e. The van der Waals surface area contributed by atoms with E-state index in [1.807, 2.05) is 17.7 Å². The van der Waals surface area contributed by atoms with Crippen LogP contribution in [0, 0.1) is 5.92 Å². The van der Waals surface area contributed by atoms with Gasteiger partial charge in [0.05, 0.1) is 0 Å². The van der Waals surface area contributed by atoms with Crippen molar-refractivity contribution in [1.82, 2.24) is 14.8 Å². The molecule has 1 saturated carbocycles. The molecule has 1 aromatic heterocycles. The zero-order valence-electron chi connectivity index (χ0n) is 10.8. The minimum Gasteiger partial charge on any atom is -0.382 e. The van der Waals surface area contributed by atoms with Gasteiger partial charge in [0.1, 0.15) is 6.33 Å². The second kappa shape index (κ2) is 4.44. The van der Waals surface area contributed by atoms with Crippen LogP contribution in [0.15, 0.2) is 30.6 Å². The lowest BCUT2D eigenvalue weighted by Crippen LogP contribution is -2.33. The Hall–Kier alpha value is -1.84. The quantitative estimate of drug-likeness (QED) is 0.899. The first-order valence-electron chi connectivity index (χ1n) is 6.44. The van der Waals surface area contributed by atoms with Crippen molar-refractivity contribution in [1.29, 1.82) is 0 Å². The molecule has 1 N–H and O–H groups in total. The zero-order chi connectivity index (χ0) is 12.5. The Morgan fingerprint density at radius 1 is 1.28 bits per heavy atom. The van der Waals surface area contributed by atoms with Crippen LogP contribution in [0.25, 0.3) is 11.4 Å². The lowest BCUT2D eigenvalue weighted by atomic mass is 9.81. The van der Waals surface area contributed by atoms with Crippen LogP contribution >= 0.6 is 0 Å². The number of benzene rings is 1. The maximum Gasteiger partial charge on any atom is 0.165 e. The number of rotatable bonds is 3. The molecule has 0 saturated heterocycles. The fraction of sp³-hybridized carbons (Fsp3) is 0.429. The molecule has 1 aromatic carbocycles. The normalized spacial score (nSPS) is 22.6. The maximum absolute atomic E-state index is 4.19. The van der Waals surface area contributed by atoms with Crippen LogP contribution in [-0.4, -0.2) is 20.8 Å². The molecule has 0 bridgehead atoms. The number of nitrogens with zero attached hydrogens (tertiary/aromatic N) is 3. The Kier molecular flexibility index (Phi) is 2.78. The SMILES string of the molecule is CC1CC(Nc2ccccc2-c2nncn2C)C1. The van der Waals surface area contributed by atoms with E-state index in [1.165, 1.54) is 12.8 Å². The Morgan fingerprint density at radius 2 is 2.06 bits per heavy atom. The van der Waals surface area contributed by atoms with Gasteiger partial charge >= 0.3 is 0 Å². The standard InChI is InChI=1S/C14H18N4/c1-10-7-11(8-10)16-13-6-4-3-5-12(13)14-17-15-9-18(14)2/h3-6,9-11,16H,7-8H2,1-2H3. The van der Waals surface area contributed by atoms with Crippen molar-refractivity contribution in [3.8, 4) is 11.4 Å². The molecule has 0 atom stereocenters. The second-order valence-corrected chi connectivity index (χ2v) is 5.23. The minimum absolute atomic E-state index is 0.606. The highest BCUT2D eigenvalue weighted by molar-refractivity contribution is 5.73. The smallest absolute Gasteiger partial charge is 0.165 e. The molecule has 0 spiro atoms. The third-order valence-corrected chi connectivity index (χ3v) is 3.61. The van der Waals surface area contributed by atoms with E-state index in [9.17, 15) is 0 Å². The van der Waals surface area contributed by atoms with Crippen LogP contribution in [0.3, 0.4) is 0 Å². The third-order valence-electron chi connectivity index (χ3n) is 3.61. The predicted molar refractivity (Wildman–Crippen MR) is 72.2 cm³/mol. The summed E-state index contributed by atoms with van der Waals surface area (Å²) >= 11 is 0. The average Bonchev–Trinajstić information content (AvgIpc) is 2.74. The van der Waals surface area contributed by atoms with Gasteiger partial charge in [0.25, 0.3) is 0 Å². The molecule has 0 radical (unpaired) electrons. The van der Waals surface area contributed by atoms with Crippen molar-refractivity contribution in [3.63, 3.8) is 0 Å². The molecule has 1 aliphatic carbocycles. The van der Waals surface area contributed by atoms with Crippen LogP contribution in [0.2, 0.25) is 0 Å². The molecule has 0 unspecified atom stereocenters. The van der Waals surface area contributed by atoms with Gasteiger partial charge < -0.3 is 9.88 Å². The summed E-state index contributed by atoms with van der Waals surface area (Å²) in [4.78, 5) is 0. The first-order valence-corrected chi connectivity index (χ1v) is 6.44. The summed E-state index contributed by atoms with van der Waals surface area (Å²) in [6.07, 6.45) is 4.25. The van der Waals surface area contributed by atoms with Crippen molar-refractivity contribution in [2.45, 2.75) is 25.8 Å². The van der Waals surface area contributed by atoms with E-state index in [1.54, 1.807) is 6.33 Å². The number of nitrogens with one attached hydrogen (secondary N) is 1. The number of hydrogen-bond acceptors (Lipinski definition) is 3. The van der Waals surface area contributed by atoms with Gasteiger partial charge in [-0.15, -0.1) is 10.2 Å². The average molecular weight is 242 g/mol. The first kappa shape index (κ1) is 11.3. The molecule has 0 aliphatic heterocycles. The monoisotopic (exact) mass is 242 g/mol. The third kappa shape index (κ3) is 1.98. The van der Waals surface area contributed by atoms with Gasteiger partial charge in [0, 0.05) is 24.3 Å². The fourth-order valence-corrected chi connectivity index (χ4v) is 2.57. The van der Waals surface area contributed by atoms with Crippen molar-refractivity contribution in [3.05, 3.63) is 30.6 Å². The van der Waals surface area contributed by atoms with Crippen LogP contribution in [0.5, 0.6) is 0 Å². The van der Waals surface area contributed by atoms with Gasteiger partial charge in [-0.3, -0.25) is 0 Å². The number of aryl methyl sites for hydroxylation is 1. The summed E-state index contributed by atoms with van der Waals surface area (Å²) < 4.78 is 1.95. The van der Waals surface area contributed by atoms with Crippen LogP contribution in [-0.2, 0) is 7.05 Å². The lowest BCUT2D eigenvalue weighted by molar-refractivity contribution is 0.309. The second-order valence-electron chi connectivity index (χ2n) is 5.23. The fourth-order valence-electron chi connectivity index (χ4n) is 2.57. The van der Waals surface area contributed by atoms with Crippen LogP contribution in [0.4, 0.5) is 5.69 Å². The number of hydrogen-bond donors (Lipinski definition) is 1. The number of anilines is 1. The van der Waals surface area contributed by atoms with Gasteiger partial charge in [-0.2, -0.15) is 0 Å². The molecule has 1 fully saturated rings. The topological polar surface area (TPSA) is 42.7 Å². The molecule has 4 heteroatoms. The molecular formula is C14H18N4. The highest BCUT2D eigenvalue weighted by atomic mass is 15.2. The Bertz CT molecular complexity index is 540. The predicted octanol–water partition coefficient (Wildman–Crippen LogP) is 2.69. The van der Waals surface area contributed by atoms with Gasteiger partial charge in [-0.1, -0.05) is 19.1 Å². The van der Waals surface area contributed by atoms with Crippen LogP contribution in [0.1, 0.15) is 19.8 Å². The molecule has 2 aromatic rings. The van der Waals surface area contributed by atoms with E-state index in [0.717, 1.165) is 23.0 Å². The van der Waals surface area contributed by atoms with E-state index >= 15 is 0 Å². The highest BCUT2D eigenvalue weighted by Gasteiger charge is 2.25. The van der Waals surface area contributed by atoms with E-state index in [0.29, 0.717) is 6.04 Å². The summed E-state index contributed by atoms with van der Waals surface area (Å²) in [6, 6.07) is 8.92. The summed E-state index contributed by atoms with van der Waals surface area (Å²) in [5.41, 5.74) is 2.28. The molecular weight excluding hydrogens is 224 g/mol. The van der Waals surface area contributed by atoms with E-state index < -0.39 is 0 Å². The van der Waals surface area contributed by atoms with E-state index in [-0.39, 0.29) is 0 Å². The van der Waals surface area contributed by atoms with Gasteiger partial charge in [-0.25, -0.2) is 0 Å². The Balaban J connectivity index is 1.88. The first-order chi connectivity index (χ1) is 8.74. The summed E-state index contributed by atoms with van der Waals surface area (Å²) in [6.45, 7) is 2.30. The molecule has 1 aliphatic rings. The minimum atomic E-state index is 0.606. The Labute approximate surface area is 107 Å². The molecule has 94 valence electrons. The molecule has 1 heterocycles. The summed E-state index contributed by atoms with van der Waals surface area (Å²) in [7, 11) is 1.97. The highest BCUT2D eigenvalue weighted by Crippen LogP contribution is 2.33. The van der Waals surface area contributed by atoms with E-state index in [4.69, 9.17) is 0 Å². The zero-order valence-corrected chi connectivity index (χ0v) is 10.8. The van der Waals surface area contributed by atoms with E-state index in [2.05, 4.69) is 40.6 Å². The van der Waals surface area contributed by atoms with Crippen molar-refractivity contribution >= 4 is 5.69 Å². The number of aromatic nitrogens is 3. The van der Waals surface area contributed by atoms with Crippen molar-refractivity contribution < 1.29 is 0 Å². The lowest BCUT2D eigenvalue weighted by Gasteiger charge is -2.34. The van der Waals surface area contributed by atoms with Gasteiger partial charge in [-0.05, 0) is 30.9 Å². The molecule has 3 rings (SSSR count). The van der Waals surface area contributed by atoms with Crippen molar-refractivity contribution in [2.75, 3.05) is 5.32 Å². The summed E-state index contributed by atoms with van der Waals surface area (Å²) in [5, 5.41) is 11.7.